The average molecular weight is 265 g/mol. The summed E-state index contributed by atoms with van der Waals surface area (Å²) in [6.45, 7) is 0. The minimum Gasteiger partial charge on any atom is -0.506 e. The molecule has 5 heteroatoms. The predicted octanol–water partition coefficient (Wildman–Crippen LogP) is 3.08. The van der Waals surface area contributed by atoms with E-state index in [0.29, 0.717) is 9.50 Å². The van der Waals surface area contributed by atoms with Gasteiger partial charge in [0.15, 0.2) is 0 Å². The van der Waals surface area contributed by atoms with Gasteiger partial charge in [0.2, 0.25) is 0 Å². The molecule has 0 aliphatic carbocycles. The summed E-state index contributed by atoms with van der Waals surface area (Å²) in [7, 11) is 0. The van der Waals surface area contributed by atoms with Crippen LogP contribution in [0.5, 0.6) is 5.75 Å². The summed E-state index contributed by atoms with van der Waals surface area (Å²) in [5, 5.41) is 9.72. The molecule has 0 saturated heterocycles. The minimum atomic E-state index is -0.00475. The van der Waals surface area contributed by atoms with Crippen LogP contribution in [0.1, 0.15) is 0 Å². The van der Waals surface area contributed by atoms with Crippen LogP contribution < -0.4 is 0 Å². The zero-order valence-electron chi connectivity index (χ0n) is 5.74. The zero-order valence-corrected chi connectivity index (χ0v) is 10.8. The molecule has 0 unspecified atom stereocenters. The van der Waals surface area contributed by atoms with Crippen molar-refractivity contribution in [1.82, 2.24) is 0 Å². The molecule has 0 amide bonds. The Bertz CT molecular complexity index is 217. The second kappa shape index (κ2) is 4.95. The van der Waals surface area contributed by atoms with E-state index in [0.717, 1.165) is 0 Å². The maximum atomic E-state index is 8.99. The molecule has 1 N–H and O–H groups in total. The van der Waals surface area contributed by atoms with Crippen molar-refractivity contribution in [2.24, 2.45) is 0 Å². The van der Waals surface area contributed by atoms with Gasteiger partial charge in [-0.05, 0) is 22.0 Å². The molecule has 1 nitrogen and oxygen atoms in total. The van der Waals surface area contributed by atoms with Crippen molar-refractivity contribution in [2.45, 2.75) is 0 Å². The second-order valence-corrected chi connectivity index (χ2v) is 3.39. The third-order valence-electron chi connectivity index (χ3n) is 0.990. The van der Waals surface area contributed by atoms with Gasteiger partial charge in [-0.15, -0.1) is 0 Å². The molecule has 0 aromatic heterocycles. The average Bonchev–Trinajstić information content (AvgIpc) is 1.84. The van der Waals surface area contributed by atoms with Gasteiger partial charge in [0.25, 0.3) is 0 Å². The third-order valence-corrected chi connectivity index (χ3v) is 2.49. The predicted molar refractivity (Wildman–Crippen MR) is 51.6 cm³/mol. The zero-order chi connectivity index (χ0) is 7.72. The van der Waals surface area contributed by atoms with Crippen LogP contribution in [0.25, 0.3) is 0 Å². The summed E-state index contributed by atoms with van der Waals surface area (Å²) in [6, 6.07) is 2.92. The van der Waals surface area contributed by atoms with Crippen molar-refractivity contribution in [3.63, 3.8) is 0 Å². The molecule has 0 spiro atoms. The van der Waals surface area contributed by atoms with Crippen molar-refractivity contribution in [2.75, 3.05) is 0 Å². The number of hydrogen-bond donors (Lipinski definition) is 1. The van der Waals surface area contributed by atoms with Gasteiger partial charge >= 0.3 is 0 Å². The fraction of sp³-hybridized carbons (Fsp3) is 0. The van der Waals surface area contributed by atoms with E-state index < -0.39 is 0 Å². The van der Waals surface area contributed by atoms with E-state index in [1.165, 1.54) is 6.07 Å². The van der Waals surface area contributed by atoms with Crippen molar-refractivity contribution in [3.8, 4) is 5.75 Å². The van der Waals surface area contributed by atoms with Gasteiger partial charge in [-0.3, -0.25) is 0 Å². The SMILES string of the molecule is Oc1cc(Cl)c(Br)cc1Cl.[Na]. The standard InChI is InChI=1S/C6H3BrCl2O.Na/c7-3-1-5(9)6(10)2-4(3)8;/h1-2,10H;. The van der Waals surface area contributed by atoms with Crippen molar-refractivity contribution in [1.29, 1.82) is 0 Å². The van der Waals surface area contributed by atoms with E-state index in [-0.39, 0.29) is 40.3 Å². The fourth-order valence-corrected chi connectivity index (χ4v) is 1.31. The number of benzene rings is 1. The van der Waals surface area contributed by atoms with Gasteiger partial charge < -0.3 is 5.11 Å². The minimum absolute atomic E-state index is 0. The van der Waals surface area contributed by atoms with Gasteiger partial charge in [0.1, 0.15) is 5.75 Å². The Kier molecular flexibility index (Phi) is 5.44. The topological polar surface area (TPSA) is 20.2 Å². The van der Waals surface area contributed by atoms with Crippen LogP contribution in [-0.4, -0.2) is 34.7 Å². The molecule has 0 aliphatic rings. The Labute approximate surface area is 105 Å². The summed E-state index contributed by atoms with van der Waals surface area (Å²) >= 11 is 14.3. The molecule has 0 saturated carbocycles. The van der Waals surface area contributed by atoms with E-state index in [1.54, 1.807) is 6.07 Å². The molecule has 0 bridgehead atoms. The van der Waals surface area contributed by atoms with Gasteiger partial charge in [0.05, 0.1) is 10.0 Å². The maximum Gasteiger partial charge on any atom is 0.135 e. The van der Waals surface area contributed by atoms with Crippen LogP contribution in [0.15, 0.2) is 16.6 Å². The molecular weight excluding hydrogens is 262 g/mol. The summed E-state index contributed by atoms with van der Waals surface area (Å²) in [5.74, 6) is -0.00475. The van der Waals surface area contributed by atoms with Gasteiger partial charge in [-0.25, -0.2) is 0 Å². The first-order valence-electron chi connectivity index (χ1n) is 2.45. The van der Waals surface area contributed by atoms with E-state index in [9.17, 15) is 0 Å². The normalized spacial score (nSPS) is 9.00. The fourth-order valence-electron chi connectivity index (χ4n) is 0.512. The van der Waals surface area contributed by atoms with Gasteiger partial charge in [-0.1, -0.05) is 23.2 Å². The smallest absolute Gasteiger partial charge is 0.135 e. The monoisotopic (exact) mass is 263 g/mol. The summed E-state index contributed by atoms with van der Waals surface area (Å²) in [4.78, 5) is 0. The van der Waals surface area contributed by atoms with Crippen molar-refractivity contribution in [3.05, 3.63) is 26.7 Å². The van der Waals surface area contributed by atoms with Crippen LogP contribution in [0.3, 0.4) is 0 Å². The molecule has 11 heavy (non-hydrogen) atoms. The molecule has 0 heterocycles. The van der Waals surface area contributed by atoms with E-state index >= 15 is 0 Å². The van der Waals surface area contributed by atoms with Crippen molar-refractivity contribution < 1.29 is 5.11 Å². The van der Waals surface area contributed by atoms with Crippen LogP contribution in [0.4, 0.5) is 0 Å². The molecule has 1 aromatic rings. The van der Waals surface area contributed by atoms with Gasteiger partial charge in [0, 0.05) is 40.1 Å². The van der Waals surface area contributed by atoms with Crippen LogP contribution in [0, 0.1) is 0 Å². The Morgan fingerprint density at radius 1 is 1.18 bits per heavy atom. The number of phenols is 1. The largest absolute Gasteiger partial charge is 0.506 e. The molecular formula is C6H3BrCl2NaO. The molecule has 1 radical (unpaired) electrons. The van der Waals surface area contributed by atoms with Crippen molar-refractivity contribution >= 4 is 68.7 Å². The first-order chi connectivity index (χ1) is 4.61. The molecule has 0 atom stereocenters. The third kappa shape index (κ3) is 3.13. The Balaban J connectivity index is 0.000001000. The maximum absolute atomic E-state index is 8.99. The van der Waals surface area contributed by atoms with Gasteiger partial charge in [-0.2, -0.15) is 0 Å². The van der Waals surface area contributed by atoms with Crippen LogP contribution in [0.2, 0.25) is 10.0 Å². The molecule has 55 valence electrons. The Morgan fingerprint density at radius 3 is 2.18 bits per heavy atom. The first kappa shape index (κ1) is 12.1. The number of aromatic hydroxyl groups is 1. The number of hydrogen-bond acceptors (Lipinski definition) is 1. The first-order valence-corrected chi connectivity index (χ1v) is 3.99. The molecule has 1 rings (SSSR count). The van der Waals surface area contributed by atoms with E-state index in [2.05, 4.69) is 15.9 Å². The summed E-state index contributed by atoms with van der Waals surface area (Å²) in [6.07, 6.45) is 0. The molecule has 0 fully saturated rings. The van der Waals surface area contributed by atoms with E-state index in [1.807, 2.05) is 0 Å². The van der Waals surface area contributed by atoms with Crippen LogP contribution in [-0.2, 0) is 0 Å². The Morgan fingerprint density at radius 2 is 1.73 bits per heavy atom. The molecule has 0 aliphatic heterocycles. The van der Waals surface area contributed by atoms with E-state index in [4.69, 9.17) is 28.3 Å². The Hall–Kier alpha value is 1.08. The summed E-state index contributed by atoms with van der Waals surface area (Å²) in [5.41, 5.74) is 0. The quantitative estimate of drug-likeness (QED) is 0.564. The van der Waals surface area contributed by atoms with Crippen LogP contribution >= 0.6 is 39.1 Å². The number of halogens is 3. The number of phenolic OH excluding ortho intramolecular Hbond substituents is 1. The summed E-state index contributed by atoms with van der Waals surface area (Å²) < 4.78 is 0.678. The molecule has 1 aromatic carbocycles. The number of rotatable bonds is 0. The second-order valence-electron chi connectivity index (χ2n) is 1.72.